The van der Waals surface area contributed by atoms with Crippen LogP contribution in [-0.4, -0.2) is 23.0 Å². The van der Waals surface area contributed by atoms with Gasteiger partial charge in [0.1, 0.15) is 0 Å². The summed E-state index contributed by atoms with van der Waals surface area (Å²) in [6, 6.07) is 1.94. The third kappa shape index (κ3) is 3.20. The SMILES string of the molecule is CC(NC(=O)c1sccc1C=CC(=O)O)C1CC1. The molecule has 1 saturated carbocycles. The molecule has 0 aliphatic heterocycles. The topological polar surface area (TPSA) is 66.4 Å². The van der Waals surface area contributed by atoms with Gasteiger partial charge in [0.05, 0.1) is 4.88 Å². The first-order valence-electron chi connectivity index (χ1n) is 5.87. The molecule has 0 saturated heterocycles. The number of carboxylic acids is 1. The molecule has 1 aromatic heterocycles. The van der Waals surface area contributed by atoms with Crippen molar-refractivity contribution in [2.75, 3.05) is 0 Å². The zero-order chi connectivity index (χ0) is 13.1. The minimum atomic E-state index is -1.01. The summed E-state index contributed by atoms with van der Waals surface area (Å²) in [6.07, 6.45) is 4.86. The van der Waals surface area contributed by atoms with Crippen LogP contribution < -0.4 is 5.32 Å². The maximum absolute atomic E-state index is 12.0. The average Bonchev–Trinajstić information content (AvgIpc) is 3.05. The number of rotatable bonds is 5. The Labute approximate surface area is 109 Å². The van der Waals surface area contributed by atoms with Gasteiger partial charge in [-0.3, -0.25) is 4.79 Å². The first-order valence-corrected chi connectivity index (χ1v) is 6.75. The minimum absolute atomic E-state index is 0.116. The lowest BCUT2D eigenvalue weighted by atomic mass is 10.2. The van der Waals surface area contributed by atoms with Crippen LogP contribution in [0.5, 0.6) is 0 Å². The van der Waals surface area contributed by atoms with E-state index < -0.39 is 5.97 Å². The number of nitrogens with one attached hydrogen (secondary N) is 1. The zero-order valence-corrected chi connectivity index (χ0v) is 10.9. The van der Waals surface area contributed by atoms with Crippen LogP contribution in [0.25, 0.3) is 6.08 Å². The quantitative estimate of drug-likeness (QED) is 0.803. The van der Waals surface area contributed by atoms with Crippen molar-refractivity contribution >= 4 is 29.3 Å². The van der Waals surface area contributed by atoms with Crippen LogP contribution in [0.15, 0.2) is 17.5 Å². The summed E-state index contributed by atoms with van der Waals surface area (Å²) in [5.74, 6) is -0.528. The Balaban J connectivity index is 2.05. The number of hydrogen-bond acceptors (Lipinski definition) is 3. The second-order valence-electron chi connectivity index (χ2n) is 4.48. The van der Waals surface area contributed by atoms with Gasteiger partial charge in [0.25, 0.3) is 5.91 Å². The number of aliphatic carboxylic acids is 1. The van der Waals surface area contributed by atoms with Crippen molar-refractivity contribution in [2.24, 2.45) is 5.92 Å². The highest BCUT2D eigenvalue weighted by Crippen LogP contribution is 2.32. The van der Waals surface area contributed by atoms with Gasteiger partial charge in [-0.1, -0.05) is 0 Å². The predicted octanol–water partition coefficient (Wildman–Crippen LogP) is 2.37. The van der Waals surface area contributed by atoms with E-state index in [1.807, 2.05) is 6.92 Å². The molecule has 5 heteroatoms. The fourth-order valence-corrected chi connectivity index (χ4v) is 2.57. The van der Waals surface area contributed by atoms with E-state index in [9.17, 15) is 9.59 Å². The van der Waals surface area contributed by atoms with Crippen molar-refractivity contribution in [1.29, 1.82) is 0 Å². The van der Waals surface area contributed by atoms with Gasteiger partial charge < -0.3 is 10.4 Å². The van der Waals surface area contributed by atoms with E-state index in [1.54, 1.807) is 11.4 Å². The van der Waals surface area contributed by atoms with Crippen molar-refractivity contribution in [1.82, 2.24) is 5.32 Å². The Morgan fingerprint density at radius 3 is 2.89 bits per heavy atom. The molecule has 0 spiro atoms. The standard InChI is InChI=1S/C13H15NO3S/c1-8(9-2-3-9)14-13(17)12-10(6-7-18-12)4-5-11(15)16/h4-9H,2-3H2,1H3,(H,14,17)(H,15,16). The molecule has 1 amide bonds. The van der Waals surface area contributed by atoms with Gasteiger partial charge in [0, 0.05) is 12.1 Å². The molecule has 2 rings (SSSR count). The Morgan fingerprint density at radius 2 is 2.28 bits per heavy atom. The molecule has 0 aromatic carbocycles. The van der Waals surface area contributed by atoms with E-state index in [4.69, 9.17) is 5.11 Å². The van der Waals surface area contributed by atoms with Crippen LogP contribution in [0.3, 0.4) is 0 Å². The molecule has 18 heavy (non-hydrogen) atoms. The highest BCUT2D eigenvalue weighted by Gasteiger charge is 2.29. The van der Waals surface area contributed by atoms with Crippen LogP contribution in [0.2, 0.25) is 0 Å². The highest BCUT2D eigenvalue weighted by atomic mass is 32.1. The van der Waals surface area contributed by atoms with E-state index in [0.29, 0.717) is 16.4 Å². The van der Waals surface area contributed by atoms with Crippen molar-refractivity contribution in [3.8, 4) is 0 Å². The molecular formula is C13H15NO3S. The third-order valence-corrected chi connectivity index (χ3v) is 3.92. The Kier molecular flexibility index (Phi) is 3.81. The van der Waals surface area contributed by atoms with Gasteiger partial charge in [-0.2, -0.15) is 0 Å². The van der Waals surface area contributed by atoms with E-state index in [2.05, 4.69) is 5.32 Å². The summed E-state index contributed by atoms with van der Waals surface area (Å²) in [7, 11) is 0. The van der Waals surface area contributed by atoms with Crippen molar-refractivity contribution in [2.45, 2.75) is 25.8 Å². The molecule has 0 radical (unpaired) electrons. The van der Waals surface area contributed by atoms with Gasteiger partial charge in [0.2, 0.25) is 0 Å². The predicted molar refractivity (Wildman–Crippen MR) is 70.6 cm³/mol. The largest absolute Gasteiger partial charge is 0.478 e. The molecule has 1 aromatic rings. The van der Waals surface area contributed by atoms with Crippen LogP contribution >= 0.6 is 11.3 Å². The molecule has 4 nitrogen and oxygen atoms in total. The molecular weight excluding hydrogens is 250 g/mol. The molecule has 1 unspecified atom stereocenters. The zero-order valence-electron chi connectivity index (χ0n) is 10.1. The number of thiophene rings is 1. The molecule has 1 aliphatic rings. The normalized spacial score (nSPS) is 16.7. The number of carbonyl (C=O) groups excluding carboxylic acids is 1. The number of hydrogen-bond donors (Lipinski definition) is 2. The van der Waals surface area contributed by atoms with Crippen LogP contribution in [0, 0.1) is 5.92 Å². The maximum atomic E-state index is 12.0. The monoisotopic (exact) mass is 265 g/mol. The van der Waals surface area contributed by atoms with E-state index in [0.717, 1.165) is 6.08 Å². The summed E-state index contributed by atoms with van der Waals surface area (Å²) in [5, 5.41) is 13.3. The van der Waals surface area contributed by atoms with Gasteiger partial charge in [0.15, 0.2) is 0 Å². The third-order valence-electron chi connectivity index (χ3n) is 3.00. The summed E-state index contributed by atoms with van der Waals surface area (Å²) in [5.41, 5.74) is 0.655. The molecule has 1 aliphatic carbocycles. The molecule has 96 valence electrons. The Morgan fingerprint density at radius 1 is 1.56 bits per heavy atom. The fourth-order valence-electron chi connectivity index (χ4n) is 1.78. The van der Waals surface area contributed by atoms with E-state index >= 15 is 0 Å². The molecule has 1 atom stereocenters. The summed E-state index contributed by atoms with van der Waals surface area (Å²) < 4.78 is 0. The van der Waals surface area contributed by atoms with E-state index in [1.165, 1.54) is 30.3 Å². The average molecular weight is 265 g/mol. The second kappa shape index (κ2) is 5.35. The van der Waals surface area contributed by atoms with Crippen molar-refractivity contribution in [3.63, 3.8) is 0 Å². The highest BCUT2D eigenvalue weighted by molar-refractivity contribution is 7.12. The summed E-state index contributed by atoms with van der Waals surface area (Å²) in [6.45, 7) is 2.01. The lowest BCUT2D eigenvalue weighted by Crippen LogP contribution is -2.33. The summed E-state index contributed by atoms with van der Waals surface area (Å²) >= 11 is 1.33. The Hall–Kier alpha value is -1.62. The van der Waals surface area contributed by atoms with E-state index in [-0.39, 0.29) is 11.9 Å². The van der Waals surface area contributed by atoms with Crippen molar-refractivity contribution in [3.05, 3.63) is 28.0 Å². The Bertz CT molecular complexity index is 488. The molecule has 2 N–H and O–H groups in total. The van der Waals surface area contributed by atoms with Gasteiger partial charge in [-0.25, -0.2) is 4.79 Å². The number of carbonyl (C=O) groups is 2. The number of carboxylic acid groups (broad SMARTS) is 1. The van der Waals surface area contributed by atoms with Crippen LogP contribution in [0.1, 0.15) is 35.0 Å². The van der Waals surface area contributed by atoms with Gasteiger partial charge in [-0.15, -0.1) is 11.3 Å². The first-order chi connectivity index (χ1) is 8.58. The molecule has 1 fully saturated rings. The second-order valence-corrected chi connectivity index (χ2v) is 5.39. The van der Waals surface area contributed by atoms with Crippen LogP contribution in [0.4, 0.5) is 0 Å². The lowest BCUT2D eigenvalue weighted by Gasteiger charge is -2.12. The minimum Gasteiger partial charge on any atom is -0.478 e. The van der Waals surface area contributed by atoms with Gasteiger partial charge >= 0.3 is 5.97 Å². The first kappa shape index (κ1) is 12.8. The smallest absolute Gasteiger partial charge is 0.328 e. The molecule has 0 bridgehead atoms. The van der Waals surface area contributed by atoms with Crippen molar-refractivity contribution < 1.29 is 14.7 Å². The fraction of sp³-hybridized carbons (Fsp3) is 0.385. The molecule has 1 heterocycles. The number of amides is 1. The van der Waals surface area contributed by atoms with Gasteiger partial charge in [-0.05, 0) is 48.8 Å². The lowest BCUT2D eigenvalue weighted by molar-refractivity contribution is -0.131. The van der Waals surface area contributed by atoms with Crippen LogP contribution in [-0.2, 0) is 4.79 Å². The maximum Gasteiger partial charge on any atom is 0.328 e. The summed E-state index contributed by atoms with van der Waals surface area (Å²) in [4.78, 5) is 23.1.